The maximum atomic E-state index is 12.5. The fourth-order valence-electron chi connectivity index (χ4n) is 1.91. The Kier molecular flexibility index (Phi) is 4.99. The molecule has 1 aromatic carbocycles. The molecule has 0 amide bonds. The van der Waals surface area contributed by atoms with Gasteiger partial charge in [0.15, 0.2) is 5.78 Å². The van der Waals surface area contributed by atoms with E-state index in [9.17, 15) is 4.79 Å². The molecular weight excluding hydrogens is 257 g/mol. The van der Waals surface area contributed by atoms with Crippen molar-refractivity contribution in [2.45, 2.75) is 26.7 Å². The first-order valence-corrected chi connectivity index (χ1v) is 6.46. The summed E-state index contributed by atoms with van der Waals surface area (Å²) in [5, 5.41) is 0.940. The number of halogens is 2. The molecule has 0 unspecified atom stereocenters. The fourth-order valence-corrected chi connectivity index (χ4v) is 2.29. The molecular formula is C13H17Cl2NO. The third-order valence-corrected chi connectivity index (χ3v) is 3.96. The van der Waals surface area contributed by atoms with Crippen molar-refractivity contribution in [1.82, 2.24) is 0 Å². The van der Waals surface area contributed by atoms with Crippen molar-refractivity contribution in [2.24, 2.45) is 11.1 Å². The van der Waals surface area contributed by atoms with Crippen molar-refractivity contribution in [1.29, 1.82) is 0 Å². The molecule has 0 radical (unpaired) electrons. The molecule has 2 N–H and O–H groups in total. The number of rotatable bonds is 5. The lowest BCUT2D eigenvalue weighted by Gasteiger charge is -2.28. The van der Waals surface area contributed by atoms with Gasteiger partial charge in [-0.25, -0.2) is 0 Å². The maximum absolute atomic E-state index is 12.5. The van der Waals surface area contributed by atoms with Gasteiger partial charge >= 0.3 is 0 Å². The van der Waals surface area contributed by atoms with Crippen LogP contribution in [0.1, 0.15) is 37.0 Å². The average Bonchev–Trinajstić information content (AvgIpc) is 2.35. The van der Waals surface area contributed by atoms with E-state index in [0.29, 0.717) is 35.0 Å². The summed E-state index contributed by atoms with van der Waals surface area (Å²) in [6.45, 7) is 4.25. The van der Waals surface area contributed by atoms with E-state index in [2.05, 4.69) is 0 Å². The average molecular weight is 274 g/mol. The summed E-state index contributed by atoms with van der Waals surface area (Å²) in [7, 11) is 0. The quantitative estimate of drug-likeness (QED) is 0.826. The lowest BCUT2D eigenvalue weighted by Crippen LogP contribution is -2.37. The minimum atomic E-state index is -0.533. The third-order valence-electron chi connectivity index (χ3n) is 3.40. The van der Waals surface area contributed by atoms with Gasteiger partial charge < -0.3 is 5.73 Å². The van der Waals surface area contributed by atoms with Crippen molar-refractivity contribution in [3.63, 3.8) is 0 Å². The van der Waals surface area contributed by atoms with Crippen molar-refractivity contribution >= 4 is 29.0 Å². The van der Waals surface area contributed by atoms with Gasteiger partial charge in [0.2, 0.25) is 0 Å². The van der Waals surface area contributed by atoms with Crippen LogP contribution in [0.3, 0.4) is 0 Å². The molecule has 1 rings (SSSR count). The molecule has 0 bridgehead atoms. The zero-order chi connectivity index (χ0) is 13.1. The maximum Gasteiger partial charge on any atom is 0.171 e. The van der Waals surface area contributed by atoms with Crippen LogP contribution in [0.15, 0.2) is 18.2 Å². The summed E-state index contributed by atoms with van der Waals surface area (Å²) < 4.78 is 0. The van der Waals surface area contributed by atoms with E-state index in [-0.39, 0.29) is 5.78 Å². The van der Waals surface area contributed by atoms with Crippen LogP contribution in [-0.2, 0) is 0 Å². The third kappa shape index (κ3) is 2.82. The van der Waals surface area contributed by atoms with Crippen LogP contribution < -0.4 is 5.73 Å². The number of hydrogen-bond donors (Lipinski definition) is 1. The molecule has 0 aliphatic carbocycles. The summed E-state index contributed by atoms with van der Waals surface area (Å²) >= 11 is 11.9. The number of hydrogen-bond acceptors (Lipinski definition) is 2. The van der Waals surface area contributed by atoms with Crippen molar-refractivity contribution < 1.29 is 4.79 Å². The lowest BCUT2D eigenvalue weighted by molar-refractivity contribution is 0.0787. The minimum absolute atomic E-state index is 0.0162. The Morgan fingerprint density at radius 3 is 2.35 bits per heavy atom. The standard InChI is InChI=1S/C13H17Cl2NO/c1-3-13(4-2,8-16)12(17)10-7-9(14)5-6-11(10)15/h5-7H,3-4,8,16H2,1-2H3. The monoisotopic (exact) mass is 273 g/mol. The molecule has 1 aromatic rings. The molecule has 17 heavy (non-hydrogen) atoms. The van der Waals surface area contributed by atoms with E-state index in [4.69, 9.17) is 28.9 Å². The van der Waals surface area contributed by atoms with Gasteiger partial charge in [0.05, 0.1) is 5.02 Å². The highest BCUT2D eigenvalue weighted by Gasteiger charge is 2.35. The smallest absolute Gasteiger partial charge is 0.171 e. The molecule has 4 heteroatoms. The molecule has 0 aliphatic rings. The zero-order valence-corrected chi connectivity index (χ0v) is 11.6. The van der Waals surface area contributed by atoms with Crippen LogP contribution in [0.4, 0.5) is 0 Å². The van der Waals surface area contributed by atoms with Crippen LogP contribution >= 0.6 is 23.2 Å². The zero-order valence-electron chi connectivity index (χ0n) is 10.1. The second-order valence-corrected chi connectivity index (χ2v) is 4.99. The van der Waals surface area contributed by atoms with Crippen LogP contribution in [0.2, 0.25) is 10.0 Å². The van der Waals surface area contributed by atoms with Gasteiger partial charge in [0.25, 0.3) is 0 Å². The molecule has 0 spiro atoms. The second kappa shape index (κ2) is 5.85. The van der Waals surface area contributed by atoms with Gasteiger partial charge in [0.1, 0.15) is 0 Å². The summed E-state index contributed by atoms with van der Waals surface area (Å²) in [4.78, 5) is 12.5. The Labute approximate surface area is 112 Å². The van der Waals surface area contributed by atoms with E-state index in [1.807, 2.05) is 13.8 Å². The largest absolute Gasteiger partial charge is 0.329 e. The second-order valence-electron chi connectivity index (χ2n) is 4.14. The molecule has 0 aromatic heterocycles. The van der Waals surface area contributed by atoms with Gasteiger partial charge in [-0.3, -0.25) is 4.79 Å². The van der Waals surface area contributed by atoms with Gasteiger partial charge in [-0.05, 0) is 31.0 Å². The molecule has 0 fully saturated rings. The van der Waals surface area contributed by atoms with Crippen LogP contribution in [0.25, 0.3) is 0 Å². The topological polar surface area (TPSA) is 43.1 Å². The molecule has 0 saturated carbocycles. The number of benzene rings is 1. The minimum Gasteiger partial charge on any atom is -0.329 e. The van der Waals surface area contributed by atoms with Crippen LogP contribution in [0.5, 0.6) is 0 Å². The SMILES string of the molecule is CCC(CC)(CN)C(=O)c1cc(Cl)ccc1Cl. The first-order chi connectivity index (χ1) is 8.00. The van der Waals surface area contributed by atoms with Crippen molar-refractivity contribution in [3.05, 3.63) is 33.8 Å². The predicted molar refractivity (Wildman–Crippen MR) is 72.9 cm³/mol. The Hall–Kier alpha value is -0.570. The van der Waals surface area contributed by atoms with Gasteiger partial charge in [-0.15, -0.1) is 0 Å². The summed E-state index contributed by atoms with van der Waals surface area (Å²) in [5.41, 5.74) is 5.69. The molecule has 0 saturated heterocycles. The van der Waals surface area contributed by atoms with Crippen LogP contribution in [-0.4, -0.2) is 12.3 Å². The van der Waals surface area contributed by atoms with Gasteiger partial charge in [0, 0.05) is 22.5 Å². The normalized spacial score (nSPS) is 11.6. The van der Waals surface area contributed by atoms with Crippen LogP contribution in [0, 0.1) is 5.41 Å². The number of ketones is 1. The number of nitrogens with two attached hydrogens (primary N) is 1. The summed E-state index contributed by atoms with van der Waals surface area (Å²) in [5.74, 6) is -0.0162. The first kappa shape index (κ1) is 14.5. The summed E-state index contributed by atoms with van der Waals surface area (Å²) in [6, 6.07) is 4.92. The highest BCUT2D eigenvalue weighted by atomic mass is 35.5. The fraction of sp³-hybridized carbons (Fsp3) is 0.462. The Morgan fingerprint density at radius 2 is 1.88 bits per heavy atom. The predicted octanol–water partition coefficient (Wildman–Crippen LogP) is 3.94. The molecule has 0 atom stereocenters. The molecule has 0 aliphatic heterocycles. The Balaban J connectivity index is 3.23. The van der Waals surface area contributed by atoms with Crippen molar-refractivity contribution in [3.8, 4) is 0 Å². The highest BCUT2D eigenvalue weighted by Crippen LogP contribution is 2.33. The molecule has 2 nitrogen and oxygen atoms in total. The molecule has 0 heterocycles. The molecule has 94 valence electrons. The van der Waals surface area contributed by atoms with E-state index >= 15 is 0 Å². The van der Waals surface area contributed by atoms with E-state index in [1.165, 1.54) is 0 Å². The highest BCUT2D eigenvalue weighted by molar-refractivity contribution is 6.36. The Morgan fingerprint density at radius 1 is 1.29 bits per heavy atom. The first-order valence-electron chi connectivity index (χ1n) is 5.70. The van der Waals surface area contributed by atoms with E-state index in [0.717, 1.165) is 0 Å². The Bertz CT molecular complexity index is 406. The van der Waals surface area contributed by atoms with Gasteiger partial charge in [-0.1, -0.05) is 37.0 Å². The number of carbonyl (C=O) groups excluding carboxylic acids is 1. The number of Topliss-reactive ketones (excluding diaryl/α,β-unsaturated/α-hetero) is 1. The van der Waals surface area contributed by atoms with Crippen molar-refractivity contribution in [2.75, 3.05) is 6.54 Å². The van der Waals surface area contributed by atoms with Gasteiger partial charge in [-0.2, -0.15) is 0 Å². The summed E-state index contributed by atoms with van der Waals surface area (Å²) in [6.07, 6.45) is 1.39. The van der Waals surface area contributed by atoms with E-state index in [1.54, 1.807) is 18.2 Å². The number of carbonyl (C=O) groups is 1. The van der Waals surface area contributed by atoms with E-state index < -0.39 is 5.41 Å². The lowest BCUT2D eigenvalue weighted by atomic mass is 9.76.